The smallest absolute Gasteiger partial charge is 0.0919 e. The highest BCUT2D eigenvalue weighted by atomic mass is 32.2. The molecule has 7 aliphatic rings. The summed E-state index contributed by atoms with van der Waals surface area (Å²) >= 11 is 2.03. The molecule has 0 saturated carbocycles. The first-order chi connectivity index (χ1) is 34.8. The second-order valence-corrected chi connectivity index (χ2v) is 25.7. The highest BCUT2D eigenvalue weighted by Crippen LogP contribution is 1.99. The highest BCUT2D eigenvalue weighted by molar-refractivity contribution is 7.99. The number of piperidine rings is 1. The minimum atomic E-state index is 0.833. The number of H-pyrrole nitrogens is 1. The molecule has 74 heavy (non-hydrogen) atoms. The molecule has 0 amide bonds. The topological polar surface area (TPSA) is 135 Å². The zero-order chi connectivity index (χ0) is 58.5. The van der Waals surface area contributed by atoms with Gasteiger partial charge in [-0.25, -0.2) is 4.98 Å². The molecule has 7 fully saturated rings. The van der Waals surface area contributed by atoms with Crippen molar-refractivity contribution in [2.45, 2.75) is 205 Å². The van der Waals surface area contributed by atoms with Crippen LogP contribution in [0, 0.1) is 47.3 Å². The van der Waals surface area contributed by atoms with E-state index in [9.17, 15) is 0 Å². The molecule has 0 bridgehead atoms. The molecule has 8 N–H and O–H groups in total. The van der Waals surface area contributed by atoms with Gasteiger partial charge in [0.25, 0.3) is 0 Å². The largest absolute Gasteiger partial charge is 0.379 e. The molecule has 7 aliphatic heterocycles. The number of piperazine rings is 1. The van der Waals surface area contributed by atoms with Gasteiger partial charge in [-0.05, 0) is 126 Å². The maximum Gasteiger partial charge on any atom is 0.0919 e. The molecule has 0 unspecified atom stereocenters. The van der Waals surface area contributed by atoms with Crippen molar-refractivity contribution < 1.29 is 4.74 Å². The fraction of sp³-hybridized carbons (Fsp3) is 0.952. The SMILES string of the molecule is C1CCNC1.C1CCNCC1.C1CN1.C1CNC1.C1COCCN1.C1CSCCN1.CC(C)C.CC(C)C.CC(C)C.CC(C)C.CC(C)C.CC(C)C.CC(C)C.CC(C)C.CN1CCNCC1.c1c[nH]cn1. The summed E-state index contributed by atoms with van der Waals surface area (Å²) in [6, 6.07) is 0. The zero-order valence-corrected chi connectivity index (χ0v) is 56.3. The fourth-order valence-corrected chi connectivity index (χ4v) is 4.41. The average Bonchev–Trinajstić information content (AvgIpc) is 3.74. The van der Waals surface area contributed by atoms with Gasteiger partial charge in [-0.15, -0.1) is 0 Å². The van der Waals surface area contributed by atoms with Gasteiger partial charge in [0, 0.05) is 89.3 Å². The Balaban J connectivity index is -0.000000105. The molecule has 11 nitrogen and oxygen atoms in total. The van der Waals surface area contributed by atoms with E-state index in [0.717, 1.165) is 86.7 Å². The van der Waals surface area contributed by atoms with Crippen LogP contribution in [0.5, 0.6) is 0 Å². The van der Waals surface area contributed by atoms with Crippen LogP contribution in [0.1, 0.15) is 205 Å². The lowest BCUT2D eigenvalue weighted by molar-refractivity contribution is 0.109. The Morgan fingerprint density at radius 1 is 0.351 bits per heavy atom. The molecule has 12 heteroatoms. The van der Waals surface area contributed by atoms with Gasteiger partial charge in [-0.3, -0.25) is 0 Å². The second kappa shape index (κ2) is 83.5. The summed E-state index contributed by atoms with van der Waals surface area (Å²) in [6.45, 7) is 73.0. The molecule has 0 spiro atoms. The van der Waals surface area contributed by atoms with Crippen molar-refractivity contribution in [1.29, 1.82) is 0 Å². The number of ether oxygens (including phenoxy) is 1. The van der Waals surface area contributed by atoms with Gasteiger partial charge in [-0.1, -0.05) is 173 Å². The van der Waals surface area contributed by atoms with E-state index in [-0.39, 0.29) is 0 Å². The maximum atomic E-state index is 5.01. The molecular formula is C62H146N10OS. The summed E-state index contributed by atoms with van der Waals surface area (Å²) in [6.07, 6.45) is 13.5. The van der Waals surface area contributed by atoms with Crippen LogP contribution in [0.4, 0.5) is 0 Å². The molecule has 456 valence electrons. The molecule has 8 heterocycles. The van der Waals surface area contributed by atoms with E-state index in [0.29, 0.717) is 0 Å². The molecule has 0 atom stereocenters. The van der Waals surface area contributed by atoms with E-state index < -0.39 is 0 Å². The summed E-state index contributed by atoms with van der Waals surface area (Å²) < 4.78 is 5.01. The first-order valence-corrected chi connectivity index (χ1v) is 31.6. The number of aromatic amines is 1. The minimum absolute atomic E-state index is 0.833. The van der Waals surface area contributed by atoms with Crippen molar-refractivity contribution in [1.82, 2.24) is 52.1 Å². The first kappa shape index (κ1) is 89.8. The summed E-state index contributed by atoms with van der Waals surface area (Å²) in [4.78, 5) is 8.75. The number of nitrogens with zero attached hydrogens (tertiary/aromatic N) is 2. The number of hydrogen-bond acceptors (Lipinski definition) is 11. The van der Waals surface area contributed by atoms with Crippen LogP contribution < -0.4 is 37.2 Å². The molecule has 1 aromatic heterocycles. The van der Waals surface area contributed by atoms with Crippen molar-refractivity contribution in [3.05, 3.63) is 18.7 Å². The minimum Gasteiger partial charge on any atom is -0.379 e. The van der Waals surface area contributed by atoms with Gasteiger partial charge in [-0.2, -0.15) is 11.8 Å². The van der Waals surface area contributed by atoms with Crippen LogP contribution >= 0.6 is 11.8 Å². The van der Waals surface area contributed by atoms with E-state index in [4.69, 9.17) is 4.74 Å². The van der Waals surface area contributed by atoms with E-state index in [1.54, 1.807) is 18.7 Å². The van der Waals surface area contributed by atoms with Crippen molar-refractivity contribution >= 4 is 11.8 Å². The van der Waals surface area contributed by atoms with Crippen molar-refractivity contribution in [3.8, 4) is 0 Å². The van der Waals surface area contributed by atoms with Gasteiger partial charge < -0.3 is 51.8 Å². The third-order valence-corrected chi connectivity index (χ3v) is 7.55. The molecule has 1 aromatic rings. The van der Waals surface area contributed by atoms with Gasteiger partial charge in [0.15, 0.2) is 0 Å². The van der Waals surface area contributed by atoms with Crippen molar-refractivity contribution in [3.63, 3.8) is 0 Å². The second-order valence-electron chi connectivity index (χ2n) is 24.5. The third-order valence-electron chi connectivity index (χ3n) is 6.56. The molecule has 8 rings (SSSR count). The average molecular weight is 1080 g/mol. The molecule has 0 aliphatic carbocycles. The normalized spacial score (nSPS) is 16.6. The summed E-state index contributed by atoms with van der Waals surface area (Å²) in [5.41, 5.74) is 0. The van der Waals surface area contributed by atoms with Crippen LogP contribution in [0.3, 0.4) is 0 Å². The van der Waals surface area contributed by atoms with E-state index in [1.807, 2.05) is 11.8 Å². The Morgan fingerprint density at radius 3 is 0.689 bits per heavy atom. The summed E-state index contributed by atoms with van der Waals surface area (Å²) in [5.74, 6) is 9.28. The molecule has 0 aromatic carbocycles. The van der Waals surface area contributed by atoms with Gasteiger partial charge in [0.05, 0.1) is 19.5 Å². The van der Waals surface area contributed by atoms with Crippen LogP contribution in [-0.2, 0) is 4.74 Å². The Labute approximate surface area is 473 Å². The predicted octanol–water partition coefficient (Wildman–Crippen LogP) is 13.9. The Hall–Kier alpha value is -0.800. The first-order valence-electron chi connectivity index (χ1n) is 30.5. The van der Waals surface area contributed by atoms with E-state index in [2.05, 4.69) is 225 Å². The number of imidazole rings is 1. The predicted molar refractivity (Wildman–Crippen MR) is 346 cm³/mol. The van der Waals surface area contributed by atoms with Crippen molar-refractivity contribution in [2.24, 2.45) is 47.3 Å². The Bertz CT molecular complexity index is 737. The maximum absolute atomic E-state index is 5.01. The van der Waals surface area contributed by atoms with Crippen molar-refractivity contribution in [2.75, 3.05) is 136 Å². The Kier molecular flexibility index (Phi) is 101. The van der Waals surface area contributed by atoms with Crippen LogP contribution in [0.25, 0.3) is 0 Å². The molecule has 7 saturated heterocycles. The van der Waals surface area contributed by atoms with Gasteiger partial charge in [0.1, 0.15) is 0 Å². The van der Waals surface area contributed by atoms with Gasteiger partial charge in [0.2, 0.25) is 0 Å². The lowest BCUT2D eigenvalue weighted by Crippen LogP contribution is -2.40. The number of likely N-dealkylation sites (N-methyl/N-ethyl adjacent to an activating group) is 1. The van der Waals surface area contributed by atoms with Crippen LogP contribution in [0.15, 0.2) is 18.7 Å². The van der Waals surface area contributed by atoms with Crippen LogP contribution in [0.2, 0.25) is 0 Å². The Morgan fingerprint density at radius 2 is 0.595 bits per heavy atom. The fourth-order valence-electron chi connectivity index (χ4n) is 3.63. The quantitative estimate of drug-likeness (QED) is 0.118. The molecular weight excluding hydrogens is 933 g/mol. The number of nitrogens with one attached hydrogen (secondary N) is 8. The monoisotopic (exact) mass is 1080 g/mol. The summed E-state index contributed by atoms with van der Waals surface area (Å²) in [5, 5.41) is 22.3. The van der Waals surface area contributed by atoms with Gasteiger partial charge >= 0.3 is 0 Å². The number of morpholine rings is 1. The summed E-state index contributed by atoms with van der Waals surface area (Å²) in [7, 11) is 2.15. The highest BCUT2D eigenvalue weighted by Gasteiger charge is 2.01. The number of aromatic nitrogens is 2. The lowest BCUT2D eigenvalue weighted by atomic mass is 10.2. The number of thioether (sulfide) groups is 1. The van der Waals surface area contributed by atoms with Crippen LogP contribution in [-0.4, -0.2) is 151 Å². The standard InChI is InChI=1S/C5H12N2.C5H11N.C4H9NO.C4H9NS.C4H9N.8C4H10.C3H4N2.C3H7N.C2H5N/c1-7-4-2-6-3-5-7;1-2-4-6-5-3-1;2*1-3-6-4-2-5-1;1-2-4-5-3-1;8*1-4(2)3;1-2-5-3-4-1;1-2-4-3-1;1-2-3-1/h6H,2-5H2,1H3;6H,1-5H2;2*5H,1-4H2;5H,1-4H2;8*4H,1-3H3;1-3H,(H,4,5);4H,1-3H2;3H,1-2H2. The van der Waals surface area contributed by atoms with E-state index >= 15 is 0 Å². The van der Waals surface area contributed by atoms with E-state index in [1.165, 1.54) is 129 Å². The number of hydrogen-bond donors (Lipinski definition) is 8. The molecule has 0 radical (unpaired) electrons. The lowest BCUT2D eigenvalue weighted by Gasteiger charge is -2.21. The third kappa shape index (κ3) is 217. The number of rotatable bonds is 0. The zero-order valence-electron chi connectivity index (χ0n) is 55.4.